The number of carbonyl (C=O) groups is 1. The number of rotatable bonds is 10. The van der Waals surface area contributed by atoms with Gasteiger partial charge < -0.3 is 18.6 Å². The van der Waals surface area contributed by atoms with Crippen molar-refractivity contribution in [3.8, 4) is 22.8 Å². The summed E-state index contributed by atoms with van der Waals surface area (Å²) in [5.74, 6) is -0.0984. The van der Waals surface area contributed by atoms with Gasteiger partial charge in [0.2, 0.25) is 11.2 Å². The number of para-hydroxylation sites is 3. The van der Waals surface area contributed by atoms with Gasteiger partial charge in [0.25, 0.3) is 0 Å². The fourth-order valence-electron chi connectivity index (χ4n) is 6.53. The van der Waals surface area contributed by atoms with Gasteiger partial charge in [-0.1, -0.05) is 101 Å². The van der Waals surface area contributed by atoms with Crippen LogP contribution in [-0.2, 0) is 24.6 Å². The van der Waals surface area contributed by atoms with E-state index in [0.29, 0.717) is 27.2 Å². The summed E-state index contributed by atoms with van der Waals surface area (Å²) in [6, 6.07) is 45.2. The van der Waals surface area contributed by atoms with Crippen molar-refractivity contribution in [2.75, 3.05) is 0 Å². The number of pyridine rings is 3. The van der Waals surface area contributed by atoms with Crippen LogP contribution >= 0.6 is 15.9 Å². The monoisotopic (exact) mass is 799 g/mol. The second-order valence-corrected chi connectivity index (χ2v) is 14.0. The first-order chi connectivity index (χ1) is 27.4. The standard InChI is InChI=1S/C46H30BrN3O6/c47-32-23-37-42(51)45(54-26-34-20-17-29-9-2-5-14-40(29)49-34)43(31-11-7-12-36(22-31)53-25-33-19-16-28-8-1-4-13-39(28)48-33)56-44(37)38(24-32)46(52)55-27-35-21-18-30-10-3-6-15-41(30)50-35/h1-24H,25-27H2. The van der Waals surface area contributed by atoms with Gasteiger partial charge in [0.15, 0.2) is 11.3 Å². The van der Waals surface area contributed by atoms with Crippen LogP contribution in [0.3, 0.4) is 0 Å². The van der Waals surface area contributed by atoms with E-state index in [-0.39, 0.29) is 47.9 Å². The molecule has 5 aromatic carbocycles. The topological polar surface area (TPSA) is 114 Å². The Morgan fingerprint density at radius 1 is 0.589 bits per heavy atom. The summed E-state index contributed by atoms with van der Waals surface area (Å²) in [5, 5.41) is 3.13. The quantitative estimate of drug-likeness (QED) is 0.125. The number of hydrogen-bond donors (Lipinski definition) is 0. The van der Waals surface area contributed by atoms with Gasteiger partial charge in [-0.2, -0.15) is 0 Å². The van der Waals surface area contributed by atoms with Gasteiger partial charge in [-0.05, 0) is 60.7 Å². The molecule has 0 aliphatic heterocycles. The maximum atomic E-state index is 14.5. The van der Waals surface area contributed by atoms with Crippen LogP contribution in [0, 0.1) is 0 Å². The Kier molecular flexibility index (Phi) is 9.38. The van der Waals surface area contributed by atoms with Crippen molar-refractivity contribution in [3.63, 3.8) is 0 Å². The Balaban J connectivity index is 1.08. The second kappa shape index (κ2) is 15.1. The average Bonchev–Trinajstić information content (AvgIpc) is 3.24. The van der Waals surface area contributed by atoms with Crippen molar-refractivity contribution in [3.05, 3.63) is 183 Å². The van der Waals surface area contributed by atoms with Crippen LogP contribution in [0.5, 0.6) is 11.5 Å². The molecule has 9 aromatic rings. The first-order valence-corrected chi connectivity index (χ1v) is 18.6. The van der Waals surface area contributed by atoms with Crippen molar-refractivity contribution >= 4 is 65.6 Å². The molecule has 4 heterocycles. The number of halogens is 1. The number of fused-ring (bicyclic) bond motifs is 4. The predicted octanol–water partition coefficient (Wildman–Crippen LogP) is 10.4. The molecule has 10 heteroatoms. The van der Waals surface area contributed by atoms with Crippen molar-refractivity contribution in [2.24, 2.45) is 0 Å². The van der Waals surface area contributed by atoms with E-state index < -0.39 is 11.4 Å². The highest BCUT2D eigenvalue weighted by Gasteiger charge is 2.24. The minimum Gasteiger partial charge on any atom is -0.487 e. The molecule has 9 nitrogen and oxygen atoms in total. The van der Waals surface area contributed by atoms with E-state index in [2.05, 4.69) is 20.9 Å². The Hall–Kier alpha value is -6.91. The zero-order valence-corrected chi connectivity index (χ0v) is 31.2. The molecule has 0 bridgehead atoms. The number of esters is 1. The molecule has 0 aliphatic rings. The van der Waals surface area contributed by atoms with Crippen molar-refractivity contribution in [1.82, 2.24) is 15.0 Å². The molecule has 0 aliphatic carbocycles. The molecular weight excluding hydrogens is 770 g/mol. The maximum Gasteiger partial charge on any atom is 0.342 e. The number of ether oxygens (including phenoxy) is 3. The molecular formula is C46H30BrN3O6. The summed E-state index contributed by atoms with van der Waals surface area (Å²) in [4.78, 5) is 42.3. The summed E-state index contributed by atoms with van der Waals surface area (Å²) in [6.07, 6.45) is 0. The highest BCUT2D eigenvalue weighted by molar-refractivity contribution is 9.10. The van der Waals surface area contributed by atoms with E-state index >= 15 is 0 Å². The molecule has 0 radical (unpaired) electrons. The largest absolute Gasteiger partial charge is 0.487 e. The third-order valence-electron chi connectivity index (χ3n) is 9.30. The van der Waals surface area contributed by atoms with Gasteiger partial charge in [0.05, 0.1) is 39.0 Å². The van der Waals surface area contributed by atoms with E-state index in [1.807, 2.05) is 115 Å². The molecule has 0 saturated heterocycles. The number of aromatic nitrogens is 3. The van der Waals surface area contributed by atoms with Crippen LogP contribution in [0.15, 0.2) is 159 Å². The lowest BCUT2D eigenvalue weighted by Crippen LogP contribution is -2.13. The smallest absolute Gasteiger partial charge is 0.342 e. The predicted molar refractivity (Wildman–Crippen MR) is 219 cm³/mol. The van der Waals surface area contributed by atoms with Crippen LogP contribution in [0.25, 0.3) is 55.0 Å². The maximum absolute atomic E-state index is 14.5. The minimum absolute atomic E-state index is 0.0143. The molecule has 0 spiro atoms. The molecule has 56 heavy (non-hydrogen) atoms. The average molecular weight is 801 g/mol. The van der Waals surface area contributed by atoms with Crippen LogP contribution in [0.1, 0.15) is 27.4 Å². The molecule has 4 aromatic heterocycles. The van der Waals surface area contributed by atoms with Crippen molar-refractivity contribution in [1.29, 1.82) is 0 Å². The number of hydrogen-bond acceptors (Lipinski definition) is 9. The zero-order valence-electron chi connectivity index (χ0n) is 29.6. The fourth-order valence-corrected chi connectivity index (χ4v) is 6.99. The number of benzene rings is 5. The zero-order chi connectivity index (χ0) is 38.0. The van der Waals surface area contributed by atoms with Gasteiger partial charge in [-0.25, -0.2) is 19.7 Å². The molecule has 272 valence electrons. The van der Waals surface area contributed by atoms with Crippen LogP contribution in [0.2, 0.25) is 0 Å². The molecule has 0 saturated carbocycles. The SMILES string of the molecule is O=C(OCc1ccc2ccccc2n1)c1cc(Br)cc2c(=O)c(OCc3ccc4ccccc4n3)c(-c3cccc(OCc4ccc5ccccc5n4)c3)oc12. The highest BCUT2D eigenvalue weighted by Crippen LogP contribution is 2.36. The Morgan fingerprint density at radius 3 is 1.75 bits per heavy atom. The first kappa shape index (κ1) is 34.8. The molecule has 0 N–H and O–H groups in total. The summed E-state index contributed by atoms with van der Waals surface area (Å²) >= 11 is 3.48. The summed E-state index contributed by atoms with van der Waals surface area (Å²) < 4.78 is 25.3. The minimum atomic E-state index is -0.686. The van der Waals surface area contributed by atoms with E-state index in [0.717, 1.165) is 38.4 Å². The molecule has 0 amide bonds. The summed E-state index contributed by atoms with van der Waals surface area (Å²) in [6.45, 7) is 0.114. The fraction of sp³-hybridized carbons (Fsp3) is 0.0652. The van der Waals surface area contributed by atoms with Crippen LogP contribution < -0.4 is 14.9 Å². The van der Waals surface area contributed by atoms with Crippen LogP contribution in [-0.4, -0.2) is 20.9 Å². The lowest BCUT2D eigenvalue weighted by atomic mass is 10.1. The first-order valence-electron chi connectivity index (χ1n) is 17.8. The Morgan fingerprint density at radius 2 is 1.14 bits per heavy atom. The summed E-state index contributed by atoms with van der Waals surface area (Å²) in [5.41, 5.74) is 4.55. The lowest BCUT2D eigenvalue weighted by Gasteiger charge is -2.15. The molecule has 0 unspecified atom stereocenters. The Labute approximate surface area is 328 Å². The van der Waals surface area contributed by atoms with Crippen molar-refractivity contribution in [2.45, 2.75) is 19.8 Å². The van der Waals surface area contributed by atoms with Gasteiger partial charge in [0.1, 0.15) is 31.1 Å². The molecule has 9 rings (SSSR count). The summed E-state index contributed by atoms with van der Waals surface area (Å²) in [7, 11) is 0. The van der Waals surface area contributed by atoms with Gasteiger partial charge in [0, 0.05) is 26.2 Å². The third kappa shape index (κ3) is 7.17. The second-order valence-electron chi connectivity index (χ2n) is 13.1. The van der Waals surface area contributed by atoms with Gasteiger partial charge in [-0.15, -0.1) is 0 Å². The van der Waals surface area contributed by atoms with E-state index in [1.54, 1.807) is 30.3 Å². The normalized spacial score (nSPS) is 11.3. The van der Waals surface area contributed by atoms with Gasteiger partial charge in [-0.3, -0.25) is 4.79 Å². The molecule has 0 fully saturated rings. The van der Waals surface area contributed by atoms with Crippen molar-refractivity contribution < 1.29 is 23.4 Å². The number of nitrogens with zero attached hydrogens (tertiary/aromatic N) is 3. The number of carbonyl (C=O) groups excluding carboxylic acids is 1. The Bertz CT molecular complexity index is 3020. The van der Waals surface area contributed by atoms with E-state index in [4.69, 9.17) is 28.6 Å². The van der Waals surface area contributed by atoms with E-state index in [1.165, 1.54) is 0 Å². The third-order valence-corrected chi connectivity index (χ3v) is 9.76. The van der Waals surface area contributed by atoms with Gasteiger partial charge >= 0.3 is 5.97 Å². The highest BCUT2D eigenvalue weighted by atomic mass is 79.9. The van der Waals surface area contributed by atoms with E-state index in [9.17, 15) is 9.59 Å². The van der Waals surface area contributed by atoms with Crippen LogP contribution in [0.4, 0.5) is 0 Å². The lowest BCUT2D eigenvalue weighted by molar-refractivity contribution is 0.0469. The molecule has 0 atom stereocenters.